The van der Waals surface area contributed by atoms with Gasteiger partial charge in [-0.25, -0.2) is 0 Å². The zero-order chi connectivity index (χ0) is 20.6. The van der Waals surface area contributed by atoms with Crippen molar-refractivity contribution in [1.29, 1.82) is 0 Å². The maximum absolute atomic E-state index is 12.5. The fourth-order valence-corrected chi connectivity index (χ4v) is 3.64. The van der Waals surface area contributed by atoms with Crippen LogP contribution in [-0.4, -0.2) is 46.2 Å². The summed E-state index contributed by atoms with van der Waals surface area (Å²) in [4.78, 5) is 50.0. The molecule has 1 aromatic carbocycles. The van der Waals surface area contributed by atoms with Crippen LogP contribution in [0.1, 0.15) is 62.4 Å². The number of carbonyl (C=O) groups excluding carboxylic acids is 4. The van der Waals surface area contributed by atoms with Gasteiger partial charge in [0.2, 0.25) is 5.78 Å². The molecule has 2 amide bonds. The first-order valence-corrected chi connectivity index (χ1v) is 9.04. The minimum atomic E-state index is -0.805. The van der Waals surface area contributed by atoms with Gasteiger partial charge in [0, 0.05) is 23.0 Å². The molecule has 2 aromatic rings. The number of imide groups is 1. The van der Waals surface area contributed by atoms with E-state index in [1.165, 1.54) is 12.1 Å². The molecular weight excluding hydrogens is 360 g/mol. The summed E-state index contributed by atoms with van der Waals surface area (Å²) in [6.45, 7) is 6.85. The fraction of sp³-hybridized carbons (Fsp3) is 0.333. The lowest BCUT2D eigenvalue weighted by Gasteiger charge is -2.14. The number of rotatable bonds is 6. The molecule has 0 radical (unpaired) electrons. The molecule has 3 rings (SSSR count). The summed E-state index contributed by atoms with van der Waals surface area (Å²) >= 11 is 0. The monoisotopic (exact) mass is 382 g/mol. The number of benzene rings is 1. The van der Waals surface area contributed by atoms with Gasteiger partial charge in [0.05, 0.1) is 11.1 Å². The van der Waals surface area contributed by atoms with E-state index in [1.54, 1.807) is 18.2 Å². The third-order valence-electron chi connectivity index (χ3n) is 4.83. The lowest BCUT2D eigenvalue weighted by Crippen LogP contribution is -2.36. The second-order valence-corrected chi connectivity index (χ2v) is 7.07. The van der Waals surface area contributed by atoms with Crippen molar-refractivity contribution >= 4 is 23.6 Å². The molecule has 0 saturated carbocycles. The summed E-state index contributed by atoms with van der Waals surface area (Å²) in [5.74, 6) is -2.20. The lowest BCUT2D eigenvalue weighted by atomic mass is 10.1. The van der Waals surface area contributed by atoms with E-state index in [1.807, 2.05) is 32.3 Å². The predicted molar refractivity (Wildman–Crippen MR) is 101 cm³/mol. The van der Waals surface area contributed by atoms with Crippen molar-refractivity contribution in [1.82, 2.24) is 9.47 Å². The molecule has 2 heterocycles. The van der Waals surface area contributed by atoms with Crippen molar-refractivity contribution in [3.8, 4) is 0 Å². The molecule has 1 aliphatic heterocycles. The molecule has 0 spiro atoms. The summed E-state index contributed by atoms with van der Waals surface area (Å²) in [5, 5.41) is 0. The highest BCUT2D eigenvalue weighted by Crippen LogP contribution is 2.23. The molecule has 0 fully saturated rings. The van der Waals surface area contributed by atoms with Gasteiger partial charge in [0.1, 0.15) is 6.54 Å². The van der Waals surface area contributed by atoms with Crippen molar-refractivity contribution in [3.05, 3.63) is 58.4 Å². The lowest BCUT2D eigenvalue weighted by molar-refractivity contribution is -0.142. The Bertz CT molecular complexity index is 952. The van der Waals surface area contributed by atoms with E-state index in [2.05, 4.69) is 0 Å². The third-order valence-corrected chi connectivity index (χ3v) is 4.83. The smallest absolute Gasteiger partial charge is 0.326 e. The Hall–Kier alpha value is -3.22. The van der Waals surface area contributed by atoms with E-state index in [0.29, 0.717) is 5.56 Å². The van der Waals surface area contributed by atoms with Crippen LogP contribution in [0.15, 0.2) is 30.3 Å². The van der Waals surface area contributed by atoms with Crippen LogP contribution in [0.2, 0.25) is 0 Å². The number of fused-ring (bicyclic) bond motifs is 1. The van der Waals surface area contributed by atoms with Crippen LogP contribution in [0.25, 0.3) is 0 Å². The molecule has 0 atom stereocenters. The fourth-order valence-electron chi connectivity index (χ4n) is 3.64. The number of ketones is 1. The maximum atomic E-state index is 12.5. The number of Topliss-reactive ketones (excluding diaryl/α,β-unsaturated/α-hetero) is 1. The number of esters is 1. The van der Waals surface area contributed by atoms with Gasteiger partial charge in [0.25, 0.3) is 11.8 Å². The summed E-state index contributed by atoms with van der Waals surface area (Å²) in [6.07, 6.45) is 0. The SMILES string of the molecule is Cc1cc(C(=O)COC(=O)CN2C(=O)c3ccccc3C2=O)c(C)n1C(C)C. The minimum absolute atomic E-state index is 0.206. The van der Waals surface area contributed by atoms with E-state index in [0.717, 1.165) is 16.3 Å². The zero-order valence-electron chi connectivity index (χ0n) is 16.3. The van der Waals surface area contributed by atoms with Crippen LogP contribution in [0.5, 0.6) is 0 Å². The van der Waals surface area contributed by atoms with Crippen LogP contribution in [-0.2, 0) is 9.53 Å². The van der Waals surface area contributed by atoms with Gasteiger partial charge in [-0.3, -0.25) is 24.1 Å². The van der Waals surface area contributed by atoms with Crippen molar-refractivity contribution in [2.45, 2.75) is 33.7 Å². The first-order valence-electron chi connectivity index (χ1n) is 9.04. The molecule has 28 heavy (non-hydrogen) atoms. The highest BCUT2D eigenvalue weighted by Gasteiger charge is 2.36. The van der Waals surface area contributed by atoms with Crippen LogP contribution in [0, 0.1) is 13.8 Å². The average Bonchev–Trinajstić information content (AvgIpc) is 3.08. The molecule has 7 heteroatoms. The molecule has 7 nitrogen and oxygen atoms in total. The highest BCUT2D eigenvalue weighted by atomic mass is 16.5. The number of aromatic nitrogens is 1. The molecule has 0 aliphatic carbocycles. The Morgan fingerprint density at radius 3 is 2.11 bits per heavy atom. The zero-order valence-corrected chi connectivity index (χ0v) is 16.3. The highest BCUT2D eigenvalue weighted by molar-refractivity contribution is 6.22. The summed E-state index contributed by atoms with van der Waals surface area (Å²) in [7, 11) is 0. The van der Waals surface area contributed by atoms with Gasteiger partial charge in [-0.15, -0.1) is 0 Å². The van der Waals surface area contributed by atoms with E-state index < -0.39 is 30.9 Å². The molecule has 146 valence electrons. The molecule has 0 unspecified atom stereocenters. The Morgan fingerprint density at radius 1 is 1.04 bits per heavy atom. The van der Waals surface area contributed by atoms with Gasteiger partial charge in [0.15, 0.2) is 6.61 Å². The Balaban J connectivity index is 1.63. The van der Waals surface area contributed by atoms with Crippen molar-refractivity contribution < 1.29 is 23.9 Å². The predicted octanol–water partition coefficient (Wildman–Crippen LogP) is 2.71. The van der Waals surface area contributed by atoms with Gasteiger partial charge >= 0.3 is 5.97 Å². The summed E-state index contributed by atoms with van der Waals surface area (Å²) < 4.78 is 7.07. The quantitative estimate of drug-likeness (QED) is 0.436. The number of aryl methyl sites for hydroxylation is 1. The van der Waals surface area contributed by atoms with Crippen molar-refractivity contribution in [2.75, 3.05) is 13.2 Å². The second kappa shape index (κ2) is 7.42. The summed E-state index contributed by atoms with van der Waals surface area (Å²) in [6, 6.07) is 8.35. The van der Waals surface area contributed by atoms with Crippen LogP contribution in [0.3, 0.4) is 0 Å². The van der Waals surface area contributed by atoms with E-state index in [9.17, 15) is 19.2 Å². The second-order valence-electron chi connectivity index (χ2n) is 7.07. The number of nitrogens with zero attached hydrogens (tertiary/aromatic N) is 2. The number of ether oxygens (including phenoxy) is 1. The van der Waals surface area contributed by atoms with Gasteiger partial charge < -0.3 is 9.30 Å². The number of amides is 2. The average molecular weight is 382 g/mol. The molecule has 1 aliphatic rings. The van der Waals surface area contributed by atoms with Crippen LogP contribution >= 0.6 is 0 Å². The first kappa shape index (κ1) is 19.5. The molecular formula is C21H22N2O5. The summed E-state index contributed by atoms with van der Waals surface area (Å²) in [5.41, 5.74) is 2.79. The third kappa shape index (κ3) is 3.35. The van der Waals surface area contributed by atoms with Gasteiger partial charge in [-0.1, -0.05) is 12.1 Å². The van der Waals surface area contributed by atoms with Crippen molar-refractivity contribution in [2.24, 2.45) is 0 Å². The van der Waals surface area contributed by atoms with Crippen LogP contribution < -0.4 is 0 Å². The Kier molecular flexibility index (Phi) is 5.18. The molecule has 1 aromatic heterocycles. The minimum Gasteiger partial charge on any atom is -0.456 e. The van der Waals surface area contributed by atoms with E-state index in [-0.39, 0.29) is 23.0 Å². The van der Waals surface area contributed by atoms with Gasteiger partial charge in [-0.05, 0) is 45.9 Å². The topological polar surface area (TPSA) is 85.7 Å². The Labute approximate surface area is 162 Å². The largest absolute Gasteiger partial charge is 0.456 e. The standard InChI is InChI=1S/C21H22N2O5/c1-12(2)23-13(3)9-17(14(23)4)18(24)11-28-19(25)10-22-20(26)15-7-5-6-8-16(15)21(22)27/h5-9,12H,10-11H2,1-4H3. The maximum Gasteiger partial charge on any atom is 0.326 e. The first-order chi connectivity index (χ1) is 13.2. The van der Waals surface area contributed by atoms with Crippen LogP contribution in [0.4, 0.5) is 0 Å². The van der Waals surface area contributed by atoms with E-state index in [4.69, 9.17) is 4.74 Å². The van der Waals surface area contributed by atoms with Crippen molar-refractivity contribution in [3.63, 3.8) is 0 Å². The molecule has 0 N–H and O–H groups in total. The Morgan fingerprint density at radius 2 is 1.61 bits per heavy atom. The van der Waals surface area contributed by atoms with E-state index >= 15 is 0 Å². The molecule has 0 bridgehead atoms. The normalized spacial score (nSPS) is 13.2. The molecule has 0 saturated heterocycles. The number of carbonyl (C=O) groups is 4. The van der Waals surface area contributed by atoms with Gasteiger partial charge in [-0.2, -0.15) is 0 Å². The number of hydrogen-bond donors (Lipinski definition) is 0. The number of hydrogen-bond acceptors (Lipinski definition) is 5.